The molecule has 0 aromatic heterocycles. The molecule has 0 amide bonds. The number of rotatable bonds is 6. The van der Waals surface area contributed by atoms with Crippen LogP contribution in [0.4, 0.5) is 0 Å². The summed E-state index contributed by atoms with van der Waals surface area (Å²) in [4.78, 5) is 0. The minimum absolute atomic E-state index is 0. The SMILES string of the molecule is CCCC[Si](=[Zr+2])CCCC.Cc1ccc2c(c1)[cH-]c1cc(C)ccc12.[C-]1=CC=CC1.[Cl-].[Cl-]. The van der Waals surface area contributed by atoms with Crippen LogP contribution in [0.3, 0.4) is 0 Å². The van der Waals surface area contributed by atoms with Gasteiger partial charge in [-0.1, -0.05) is 35.4 Å². The molecule has 0 saturated carbocycles. The molecule has 4 heteroatoms. The van der Waals surface area contributed by atoms with Crippen LogP contribution >= 0.6 is 0 Å². The van der Waals surface area contributed by atoms with E-state index in [1.54, 1.807) is 12.1 Å². The van der Waals surface area contributed by atoms with Gasteiger partial charge in [0.15, 0.2) is 0 Å². The van der Waals surface area contributed by atoms with Crippen LogP contribution in [-0.2, 0) is 23.3 Å². The third-order valence-electron chi connectivity index (χ3n) is 5.27. The molecule has 0 radical (unpaired) electrons. The Morgan fingerprint density at radius 3 is 1.72 bits per heavy atom. The fraction of sp³-hybridized carbons (Fsp3) is 0.393. The molecule has 3 aromatic rings. The van der Waals surface area contributed by atoms with Gasteiger partial charge in [0.2, 0.25) is 0 Å². The Labute approximate surface area is 223 Å². The number of benzene rings is 2. The van der Waals surface area contributed by atoms with Crippen molar-refractivity contribution in [1.29, 1.82) is 0 Å². The van der Waals surface area contributed by atoms with Gasteiger partial charge >= 0.3 is 80.4 Å². The molecule has 0 aliphatic heterocycles. The van der Waals surface area contributed by atoms with E-state index in [2.05, 4.69) is 82.3 Å². The maximum absolute atomic E-state index is 2.99. The molecule has 3 aromatic carbocycles. The quantitative estimate of drug-likeness (QED) is 0.320. The van der Waals surface area contributed by atoms with Crippen molar-refractivity contribution in [3.63, 3.8) is 0 Å². The second kappa shape index (κ2) is 17.9. The molecule has 0 saturated heterocycles. The van der Waals surface area contributed by atoms with Gasteiger partial charge in [0.1, 0.15) is 0 Å². The van der Waals surface area contributed by atoms with E-state index in [4.69, 9.17) is 0 Å². The van der Waals surface area contributed by atoms with Gasteiger partial charge in [-0.2, -0.15) is 6.08 Å². The molecule has 0 unspecified atom stereocenters. The Kier molecular flexibility index (Phi) is 17.6. The van der Waals surface area contributed by atoms with Gasteiger partial charge in [0.25, 0.3) is 0 Å². The summed E-state index contributed by atoms with van der Waals surface area (Å²) in [7, 11) is 0. The average Bonchev–Trinajstić information content (AvgIpc) is 3.41. The number of unbranched alkanes of at least 4 members (excludes halogenated alkanes) is 2. The van der Waals surface area contributed by atoms with Crippen LogP contribution in [0, 0.1) is 19.9 Å². The Morgan fingerprint density at radius 2 is 1.38 bits per heavy atom. The fourth-order valence-corrected chi connectivity index (χ4v) is 7.92. The Bertz CT molecular complexity index is 925. The van der Waals surface area contributed by atoms with Crippen LogP contribution in [0.25, 0.3) is 21.5 Å². The summed E-state index contributed by atoms with van der Waals surface area (Å²) in [5.74, 6) is 0. The summed E-state index contributed by atoms with van der Waals surface area (Å²) < 4.78 is 0. The maximum atomic E-state index is 2.99. The number of allylic oxidation sites excluding steroid dienone is 4. The van der Waals surface area contributed by atoms with Crippen molar-refractivity contribution >= 4 is 27.0 Å². The first kappa shape index (κ1) is 31.5. The molecule has 0 spiro atoms. The second-order valence-electron chi connectivity index (χ2n) is 8.14. The zero-order valence-electron chi connectivity index (χ0n) is 20.0. The molecule has 0 nitrogen and oxygen atoms in total. The molecular weight excluding hydrogens is 527 g/mol. The number of fused-ring (bicyclic) bond motifs is 3. The third kappa shape index (κ3) is 11.1. The van der Waals surface area contributed by atoms with E-state index >= 15 is 0 Å². The van der Waals surface area contributed by atoms with Crippen molar-refractivity contribution in [2.24, 2.45) is 0 Å². The van der Waals surface area contributed by atoms with Gasteiger partial charge in [-0.25, -0.2) is 12.2 Å². The molecule has 172 valence electrons. The normalized spacial score (nSPS) is 11.2. The Balaban J connectivity index is 0.000000494. The van der Waals surface area contributed by atoms with Crippen LogP contribution in [-0.4, -0.2) is 5.43 Å². The molecule has 0 heterocycles. The van der Waals surface area contributed by atoms with Gasteiger partial charge < -0.3 is 24.8 Å². The first-order chi connectivity index (χ1) is 14.5. The van der Waals surface area contributed by atoms with Crippen molar-refractivity contribution < 1.29 is 48.1 Å². The molecule has 1 aliphatic rings. The molecule has 0 bridgehead atoms. The predicted molar refractivity (Wildman–Crippen MR) is 133 cm³/mol. The monoisotopic (exact) mass is 560 g/mol. The predicted octanol–water partition coefficient (Wildman–Crippen LogP) is 2.77. The molecule has 4 rings (SSSR count). The van der Waals surface area contributed by atoms with Gasteiger partial charge in [0.05, 0.1) is 0 Å². The van der Waals surface area contributed by atoms with E-state index in [1.807, 2.05) is 35.5 Å². The van der Waals surface area contributed by atoms with Crippen LogP contribution in [0.1, 0.15) is 57.1 Å². The van der Waals surface area contributed by atoms with E-state index in [0.717, 1.165) is 6.42 Å². The molecule has 0 atom stereocenters. The summed E-state index contributed by atoms with van der Waals surface area (Å²) in [6, 6.07) is 18.8. The first-order valence-electron chi connectivity index (χ1n) is 11.4. The third-order valence-corrected chi connectivity index (χ3v) is 10.9. The van der Waals surface area contributed by atoms with Crippen molar-refractivity contribution in [2.45, 2.75) is 71.9 Å². The molecular formula is C28H36Cl2SiZr-2. The zero-order valence-corrected chi connectivity index (χ0v) is 24.9. The molecule has 0 fully saturated rings. The van der Waals surface area contributed by atoms with E-state index in [9.17, 15) is 0 Å². The minimum Gasteiger partial charge on any atom is -1.00 e. The molecule has 0 N–H and O–H groups in total. The second-order valence-corrected chi connectivity index (χ2v) is 15.6. The summed E-state index contributed by atoms with van der Waals surface area (Å²) in [6.45, 7) is 8.88. The number of hydrogen-bond donors (Lipinski definition) is 0. The molecule has 1 aliphatic carbocycles. The van der Waals surface area contributed by atoms with Crippen LogP contribution in [0.2, 0.25) is 12.1 Å². The smallest absolute Gasteiger partial charge is 0.0469 e. The number of halogens is 2. The van der Waals surface area contributed by atoms with Crippen LogP contribution < -0.4 is 24.8 Å². The summed E-state index contributed by atoms with van der Waals surface area (Å²) in [6.07, 6.45) is 15.8. The minimum atomic E-state index is 0. The largest absolute Gasteiger partial charge is 1.00 e. The van der Waals surface area contributed by atoms with Crippen molar-refractivity contribution in [2.75, 3.05) is 0 Å². The number of aryl methyl sites for hydroxylation is 2. The van der Waals surface area contributed by atoms with Crippen LogP contribution in [0.5, 0.6) is 0 Å². The van der Waals surface area contributed by atoms with E-state index < -0.39 is 0 Å². The maximum Gasteiger partial charge on any atom is -0.0469 e. The van der Waals surface area contributed by atoms with E-state index in [1.165, 1.54) is 58.4 Å². The summed E-state index contributed by atoms with van der Waals surface area (Å²) >= 11 is 1.86. The fourth-order valence-electron chi connectivity index (χ4n) is 3.51. The van der Waals surface area contributed by atoms with Gasteiger partial charge in [-0.15, -0.1) is 46.2 Å². The summed E-state index contributed by atoms with van der Waals surface area (Å²) in [5, 5.41) is 5.46. The van der Waals surface area contributed by atoms with Gasteiger partial charge in [-0.05, 0) is 13.8 Å². The Morgan fingerprint density at radius 1 is 0.875 bits per heavy atom. The summed E-state index contributed by atoms with van der Waals surface area (Å²) in [5.41, 5.74) is 2.83. The van der Waals surface area contributed by atoms with Gasteiger partial charge in [-0.3, -0.25) is 6.08 Å². The van der Waals surface area contributed by atoms with Crippen molar-refractivity contribution in [3.05, 3.63) is 77.9 Å². The number of hydrogen-bond acceptors (Lipinski definition) is 0. The van der Waals surface area contributed by atoms with Gasteiger partial charge in [0, 0.05) is 0 Å². The Hall–Kier alpha value is -0.530. The van der Waals surface area contributed by atoms with E-state index in [-0.39, 0.29) is 30.2 Å². The zero-order chi connectivity index (χ0) is 21.8. The standard InChI is InChI=1S/C15H13.C8H18Si.C5H5.2ClH.Zr/c1-10-3-5-14-12(7-10)9-13-8-11(2)4-6-15(13)14;1-3-5-7-9-8-6-4-2;1-2-4-5-3-1;;;/h3-9H,1-2H3;3-8H2,1-2H3;1-3H,4H2;2*1H;/q-1;;-1;;;+2/p-2. The van der Waals surface area contributed by atoms with Crippen molar-refractivity contribution in [1.82, 2.24) is 0 Å². The topological polar surface area (TPSA) is 0 Å². The average molecular weight is 563 g/mol. The van der Waals surface area contributed by atoms with Crippen LogP contribution in [0.15, 0.2) is 60.7 Å². The van der Waals surface area contributed by atoms with Crippen molar-refractivity contribution in [3.8, 4) is 0 Å². The molecule has 32 heavy (non-hydrogen) atoms. The first-order valence-corrected chi connectivity index (χ1v) is 17.0. The van der Waals surface area contributed by atoms with E-state index in [0.29, 0.717) is 0 Å².